The van der Waals surface area contributed by atoms with Gasteiger partial charge >= 0.3 is 6.09 Å². The molecule has 0 unspecified atom stereocenters. The Morgan fingerprint density at radius 1 is 1.15 bits per heavy atom. The number of hydrogen-bond acceptors (Lipinski definition) is 9. The molecule has 0 aliphatic carbocycles. The molecule has 3 N–H and O–H groups in total. The zero-order valence-electron chi connectivity index (χ0n) is 23.1. The Morgan fingerprint density at radius 3 is 2.67 bits per heavy atom. The molecule has 1 atom stereocenters. The zero-order valence-corrected chi connectivity index (χ0v) is 23.1. The Labute approximate surface area is 234 Å². The molecule has 0 saturated heterocycles. The first-order chi connectivity index (χ1) is 19.4. The second kappa shape index (κ2) is 15.8. The van der Waals surface area contributed by atoms with Gasteiger partial charge in [0.1, 0.15) is 11.9 Å². The lowest BCUT2D eigenvalue weighted by Crippen LogP contribution is -2.38. The highest BCUT2D eigenvalue weighted by atomic mass is 16.6. The molecule has 0 radical (unpaired) electrons. The van der Waals surface area contributed by atoms with Crippen LogP contribution in [0.2, 0.25) is 0 Å². The molecule has 40 heavy (non-hydrogen) atoms. The molecule has 3 aromatic rings. The van der Waals surface area contributed by atoms with E-state index in [-0.39, 0.29) is 18.9 Å². The summed E-state index contributed by atoms with van der Waals surface area (Å²) in [6.07, 6.45) is 2.62. The number of methoxy groups -OCH3 is 1. The molecule has 11 nitrogen and oxygen atoms in total. The van der Waals surface area contributed by atoms with Gasteiger partial charge in [0, 0.05) is 30.5 Å². The Balaban J connectivity index is 1.45. The van der Waals surface area contributed by atoms with Crippen LogP contribution >= 0.6 is 0 Å². The van der Waals surface area contributed by atoms with Crippen LogP contribution in [0.25, 0.3) is 11.3 Å². The van der Waals surface area contributed by atoms with Gasteiger partial charge in [-0.25, -0.2) is 9.78 Å². The summed E-state index contributed by atoms with van der Waals surface area (Å²) in [6, 6.07) is 15.0. The molecule has 0 bridgehead atoms. The van der Waals surface area contributed by atoms with Crippen molar-refractivity contribution in [3.05, 3.63) is 60.6 Å². The number of ether oxygens (including phenoxy) is 2. The van der Waals surface area contributed by atoms with Crippen LogP contribution in [0.5, 0.6) is 5.75 Å². The molecule has 1 heterocycles. The fraction of sp³-hybridized carbons (Fsp3) is 0.379. The van der Waals surface area contributed by atoms with Crippen LogP contribution in [0.3, 0.4) is 0 Å². The first-order valence-electron chi connectivity index (χ1n) is 13.2. The van der Waals surface area contributed by atoms with Crippen molar-refractivity contribution in [1.29, 1.82) is 5.26 Å². The standard InChI is InChI=1S/C29H36N6O5/c1-4-35(5-2)19-24(11-13-30)40-29(37)32-14-12-21-7-6-8-23(15-21)34-28(36)18-33-22-9-10-25(26(16-22)38-3)27-17-31-20-39-27/h6-10,15-17,20,24,33H,4-5,11-12,14,18-19H2,1-3H3,(H,32,37)(H,34,36)/t24-/m0/s1. The SMILES string of the molecule is CCN(CC)C[C@H](CC#N)OC(=O)NCCc1cccc(NC(=O)CNc2ccc(-c3cnco3)c(OC)c2)c1. The number of likely N-dealkylation sites (N-methyl/N-ethyl adjacent to an activating group) is 1. The average Bonchev–Trinajstić information content (AvgIpc) is 3.50. The summed E-state index contributed by atoms with van der Waals surface area (Å²) in [6.45, 7) is 6.62. The van der Waals surface area contributed by atoms with E-state index in [1.165, 1.54) is 6.39 Å². The van der Waals surface area contributed by atoms with E-state index in [0.29, 0.717) is 36.7 Å². The summed E-state index contributed by atoms with van der Waals surface area (Å²) in [5.74, 6) is 0.970. The van der Waals surface area contributed by atoms with Crippen molar-refractivity contribution in [3.63, 3.8) is 0 Å². The van der Waals surface area contributed by atoms with Crippen LogP contribution in [0.1, 0.15) is 25.8 Å². The molecule has 0 spiro atoms. The third-order valence-corrected chi connectivity index (χ3v) is 6.20. The number of benzene rings is 2. The highest BCUT2D eigenvalue weighted by Gasteiger charge is 2.17. The zero-order chi connectivity index (χ0) is 28.7. The number of alkyl carbamates (subject to hydrolysis) is 1. The lowest BCUT2D eigenvalue weighted by molar-refractivity contribution is -0.114. The Bertz CT molecular complexity index is 1270. The number of hydrogen-bond donors (Lipinski definition) is 3. The third kappa shape index (κ3) is 9.32. The van der Waals surface area contributed by atoms with Gasteiger partial charge in [-0.2, -0.15) is 5.26 Å². The molecular weight excluding hydrogens is 512 g/mol. The molecule has 11 heteroatoms. The van der Waals surface area contributed by atoms with E-state index in [4.69, 9.17) is 19.2 Å². The van der Waals surface area contributed by atoms with Gasteiger partial charge in [0.05, 0.1) is 37.9 Å². The van der Waals surface area contributed by atoms with Crippen molar-refractivity contribution < 1.29 is 23.5 Å². The van der Waals surface area contributed by atoms with Crippen LogP contribution in [0.15, 0.2) is 59.5 Å². The van der Waals surface area contributed by atoms with Crippen LogP contribution in [-0.2, 0) is 16.0 Å². The molecule has 2 aromatic carbocycles. The topological polar surface area (TPSA) is 142 Å². The molecular formula is C29H36N6O5. The van der Waals surface area contributed by atoms with Gasteiger partial charge < -0.3 is 34.7 Å². The van der Waals surface area contributed by atoms with E-state index in [9.17, 15) is 9.59 Å². The normalized spacial score (nSPS) is 11.4. The van der Waals surface area contributed by atoms with Crippen LogP contribution in [-0.4, -0.2) is 67.8 Å². The molecule has 3 rings (SSSR count). The second-order valence-corrected chi connectivity index (χ2v) is 8.94. The smallest absolute Gasteiger partial charge is 0.407 e. The van der Waals surface area contributed by atoms with E-state index >= 15 is 0 Å². The highest BCUT2D eigenvalue weighted by Crippen LogP contribution is 2.32. The molecule has 0 saturated carbocycles. The summed E-state index contributed by atoms with van der Waals surface area (Å²) in [5.41, 5.74) is 3.07. The van der Waals surface area contributed by atoms with Crippen molar-refractivity contribution in [2.24, 2.45) is 0 Å². The molecule has 0 fully saturated rings. The minimum Gasteiger partial charge on any atom is -0.496 e. The number of nitriles is 1. The maximum Gasteiger partial charge on any atom is 0.407 e. The first-order valence-corrected chi connectivity index (χ1v) is 13.2. The highest BCUT2D eigenvalue weighted by molar-refractivity contribution is 5.93. The number of carbonyl (C=O) groups excluding carboxylic acids is 2. The van der Waals surface area contributed by atoms with Crippen molar-refractivity contribution in [3.8, 4) is 23.1 Å². The fourth-order valence-corrected chi connectivity index (χ4v) is 4.06. The lowest BCUT2D eigenvalue weighted by Gasteiger charge is -2.23. The molecule has 0 aliphatic rings. The maximum absolute atomic E-state index is 12.6. The van der Waals surface area contributed by atoms with E-state index in [0.717, 1.165) is 29.9 Å². The Kier molecular flexibility index (Phi) is 11.8. The maximum atomic E-state index is 12.6. The van der Waals surface area contributed by atoms with Gasteiger partial charge in [-0.1, -0.05) is 26.0 Å². The van der Waals surface area contributed by atoms with Crippen molar-refractivity contribution in [1.82, 2.24) is 15.2 Å². The van der Waals surface area contributed by atoms with Gasteiger partial charge in [-0.05, 0) is 49.3 Å². The summed E-state index contributed by atoms with van der Waals surface area (Å²) in [4.78, 5) is 30.9. The van der Waals surface area contributed by atoms with Gasteiger partial charge in [0.2, 0.25) is 5.91 Å². The molecule has 2 amide bonds. The van der Waals surface area contributed by atoms with Gasteiger partial charge in [-0.15, -0.1) is 0 Å². The number of aromatic nitrogens is 1. The van der Waals surface area contributed by atoms with Gasteiger partial charge in [0.15, 0.2) is 12.2 Å². The summed E-state index contributed by atoms with van der Waals surface area (Å²) < 4.78 is 16.2. The summed E-state index contributed by atoms with van der Waals surface area (Å²) >= 11 is 0. The molecule has 1 aromatic heterocycles. The Hall–Kier alpha value is -4.56. The molecule has 212 valence electrons. The monoisotopic (exact) mass is 548 g/mol. The summed E-state index contributed by atoms with van der Waals surface area (Å²) in [5, 5.41) is 17.8. The van der Waals surface area contributed by atoms with Crippen molar-refractivity contribution in [2.45, 2.75) is 32.8 Å². The third-order valence-electron chi connectivity index (χ3n) is 6.20. The number of amides is 2. The quantitative estimate of drug-likeness (QED) is 0.253. The van der Waals surface area contributed by atoms with Crippen molar-refractivity contribution in [2.75, 3.05) is 50.5 Å². The average molecular weight is 549 g/mol. The predicted molar refractivity (Wildman–Crippen MR) is 152 cm³/mol. The van der Waals surface area contributed by atoms with Crippen LogP contribution in [0, 0.1) is 11.3 Å². The minimum atomic E-state index is -0.548. The summed E-state index contributed by atoms with van der Waals surface area (Å²) in [7, 11) is 1.57. The Morgan fingerprint density at radius 2 is 1.98 bits per heavy atom. The van der Waals surface area contributed by atoms with Crippen molar-refractivity contribution >= 4 is 23.4 Å². The van der Waals surface area contributed by atoms with E-state index < -0.39 is 12.2 Å². The van der Waals surface area contributed by atoms with Crippen LogP contribution in [0.4, 0.5) is 16.2 Å². The second-order valence-electron chi connectivity index (χ2n) is 8.94. The number of oxazole rings is 1. The van der Waals surface area contributed by atoms with E-state index in [1.807, 2.05) is 44.2 Å². The number of rotatable bonds is 15. The van der Waals surface area contributed by atoms with Crippen LogP contribution < -0.4 is 20.7 Å². The lowest BCUT2D eigenvalue weighted by atomic mass is 10.1. The minimum absolute atomic E-state index is 0.0553. The predicted octanol–water partition coefficient (Wildman–Crippen LogP) is 4.29. The number of anilines is 2. The van der Waals surface area contributed by atoms with Gasteiger partial charge in [0.25, 0.3) is 0 Å². The van der Waals surface area contributed by atoms with E-state index in [2.05, 4.69) is 31.9 Å². The number of nitrogens with zero attached hydrogens (tertiary/aromatic N) is 3. The number of carbonyl (C=O) groups is 2. The fourth-order valence-electron chi connectivity index (χ4n) is 4.06. The molecule has 0 aliphatic heterocycles. The van der Waals surface area contributed by atoms with E-state index in [1.54, 1.807) is 25.4 Å². The largest absolute Gasteiger partial charge is 0.496 e. The first kappa shape index (κ1) is 30.0. The van der Waals surface area contributed by atoms with Gasteiger partial charge in [-0.3, -0.25) is 4.79 Å². The number of nitrogens with one attached hydrogen (secondary N) is 3.